The van der Waals surface area contributed by atoms with Gasteiger partial charge >= 0.3 is 0 Å². The molecular weight excluding hydrogens is 376 g/mol. The third-order valence-electron chi connectivity index (χ3n) is 4.98. The SMILES string of the molecule is [3H]COc1c(OC)cc2c(c1OC[3H])-c1ccc(OC)c(=O)cc1C(NC(C)=O)[14CH2]C2. The molecule has 154 valence electrons. The second-order valence-electron chi connectivity index (χ2n) is 6.63. The van der Waals surface area contributed by atoms with E-state index < -0.39 is 6.04 Å². The first kappa shape index (κ1) is 17.8. The quantitative estimate of drug-likeness (QED) is 0.824. The topological polar surface area (TPSA) is 83.1 Å². The molecule has 1 N–H and O–H groups in total. The van der Waals surface area contributed by atoms with Crippen molar-refractivity contribution in [1.29, 1.82) is 0 Å². The molecule has 3 rings (SSSR count). The predicted molar refractivity (Wildman–Crippen MR) is 109 cm³/mol. The van der Waals surface area contributed by atoms with E-state index in [1.54, 1.807) is 18.2 Å². The molecule has 0 fully saturated rings. The zero-order valence-electron chi connectivity index (χ0n) is 18.7. The molecule has 0 spiro atoms. The number of hydrogen-bond donors (Lipinski definition) is 1. The van der Waals surface area contributed by atoms with Gasteiger partial charge in [0.25, 0.3) is 0 Å². The van der Waals surface area contributed by atoms with E-state index in [4.69, 9.17) is 21.7 Å². The van der Waals surface area contributed by atoms with Crippen LogP contribution in [0.5, 0.6) is 23.0 Å². The highest BCUT2D eigenvalue weighted by Gasteiger charge is 2.29. The van der Waals surface area contributed by atoms with Gasteiger partial charge in [0.2, 0.25) is 17.1 Å². The van der Waals surface area contributed by atoms with Crippen LogP contribution in [0.15, 0.2) is 29.1 Å². The van der Waals surface area contributed by atoms with Gasteiger partial charge in [-0.25, -0.2) is 0 Å². The van der Waals surface area contributed by atoms with Gasteiger partial charge in [-0.3, -0.25) is 9.59 Å². The Kier molecular flexibility index (Phi) is 5.19. The van der Waals surface area contributed by atoms with E-state index in [9.17, 15) is 9.59 Å². The van der Waals surface area contributed by atoms with Crippen LogP contribution in [0.25, 0.3) is 11.1 Å². The molecule has 1 amide bonds. The van der Waals surface area contributed by atoms with Gasteiger partial charge in [-0.05, 0) is 47.7 Å². The molecule has 0 saturated heterocycles. The number of ether oxygens (including phenoxy) is 4. The van der Waals surface area contributed by atoms with Crippen molar-refractivity contribution in [3.63, 3.8) is 0 Å². The maximum Gasteiger partial charge on any atom is 0.220 e. The van der Waals surface area contributed by atoms with Gasteiger partial charge in [0, 0.05) is 12.5 Å². The highest BCUT2D eigenvalue weighted by atomic mass is 16.5. The van der Waals surface area contributed by atoms with Crippen LogP contribution in [0.2, 0.25) is 0 Å². The highest BCUT2D eigenvalue weighted by Crippen LogP contribution is 2.50. The summed E-state index contributed by atoms with van der Waals surface area (Å²) in [5.41, 5.74) is 2.43. The fourth-order valence-electron chi connectivity index (χ4n) is 3.75. The van der Waals surface area contributed by atoms with E-state index in [0.717, 1.165) is 5.56 Å². The van der Waals surface area contributed by atoms with Crippen LogP contribution in [-0.2, 0) is 11.2 Å². The average Bonchev–Trinajstić information content (AvgIpc) is 2.98. The molecule has 0 aliphatic heterocycles. The summed E-state index contributed by atoms with van der Waals surface area (Å²) >= 11 is 0. The molecule has 7 nitrogen and oxygen atoms in total. The van der Waals surface area contributed by atoms with Crippen molar-refractivity contribution >= 4 is 5.91 Å². The number of fused-ring (bicyclic) bond motifs is 3. The molecule has 1 atom stereocenters. The number of rotatable bonds is 5. The van der Waals surface area contributed by atoms with E-state index in [-0.39, 0.29) is 42.8 Å². The summed E-state index contributed by atoms with van der Waals surface area (Å²) in [6.45, 7) is 1.43. The van der Waals surface area contributed by atoms with Crippen molar-refractivity contribution in [2.24, 2.45) is 0 Å². The summed E-state index contributed by atoms with van der Waals surface area (Å²) in [7, 11) is 2.16. The van der Waals surface area contributed by atoms with Gasteiger partial charge in [-0.15, -0.1) is 0 Å². The lowest BCUT2D eigenvalue weighted by atomic mass is 9.95. The first-order chi connectivity index (χ1) is 14.9. The molecule has 0 radical (unpaired) electrons. The smallest absolute Gasteiger partial charge is 0.220 e. The molecule has 2 aromatic carbocycles. The molecule has 1 aliphatic carbocycles. The Balaban J connectivity index is 2.41. The first-order valence-electron chi connectivity index (χ1n) is 10.4. The lowest BCUT2D eigenvalue weighted by Gasteiger charge is -2.19. The number of carbonyl (C=O) groups excluding carboxylic acids is 1. The minimum atomic E-state index is -0.417. The van der Waals surface area contributed by atoms with Gasteiger partial charge < -0.3 is 24.3 Å². The molecule has 0 aromatic heterocycles. The van der Waals surface area contributed by atoms with Crippen LogP contribution in [0.1, 0.15) is 33.3 Å². The Morgan fingerprint density at radius 3 is 2.48 bits per heavy atom. The van der Waals surface area contributed by atoms with E-state index in [2.05, 4.69) is 5.32 Å². The normalized spacial score (nSPS) is 15.6. The summed E-state index contributed by atoms with van der Waals surface area (Å²) in [5.74, 6) is 0.810. The van der Waals surface area contributed by atoms with Gasteiger partial charge in [-0.1, -0.05) is 6.07 Å². The molecular formula is C22H25NO6. The molecule has 2 aromatic rings. The van der Waals surface area contributed by atoms with E-state index in [1.807, 2.05) is 0 Å². The second kappa shape index (κ2) is 8.43. The lowest BCUT2D eigenvalue weighted by Crippen LogP contribution is -2.26. The zero-order chi connectivity index (χ0) is 22.5. The highest BCUT2D eigenvalue weighted by molar-refractivity contribution is 5.83. The predicted octanol–water partition coefficient (Wildman–Crippen LogP) is 2.87. The maximum absolute atomic E-state index is 12.7. The molecule has 1 unspecified atom stereocenters. The van der Waals surface area contributed by atoms with Crippen LogP contribution in [-0.4, -0.2) is 34.3 Å². The third kappa shape index (κ3) is 3.72. The molecule has 7 heteroatoms. The summed E-state index contributed by atoms with van der Waals surface area (Å²) in [6, 6.07) is 6.16. The van der Waals surface area contributed by atoms with Gasteiger partial charge in [0.15, 0.2) is 17.2 Å². The van der Waals surface area contributed by atoms with Crippen molar-refractivity contribution in [3.8, 4) is 34.1 Å². The summed E-state index contributed by atoms with van der Waals surface area (Å²) in [4.78, 5) is 24.6. The van der Waals surface area contributed by atoms with Gasteiger partial charge in [-0.2, -0.15) is 0 Å². The minimum absolute atomic E-state index is 0.162. The van der Waals surface area contributed by atoms with Crippen molar-refractivity contribution in [3.05, 3.63) is 45.6 Å². The largest absolute Gasteiger partial charge is 0.493 e. The van der Waals surface area contributed by atoms with Crippen molar-refractivity contribution in [2.75, 3.05) is 28.4 Å². The van der Waals surface area contributed by atoms with Gasteiger partial charge in [0.05, 0.1) is 37.2 Å². The number of aryl methyl sites for hydroxylation is 1. The number of amides is 1. The summed E-state index contributed by atoms with van der Waals surface area (Å²) in [5, 5.41) is 2.92. The fraction of sp³-hybridized carbons (Fsp3) is 0.364. The number of methoxy groups -OCH3 is 4. The van der Waals surface area contributed by atoms with Crippen LogP contribution in [0.3, 0.4) is 0 Å². The minimum Gasteiger partial charge on any atom is -0.493 e. The summed E-state index contributed by atoms with van der Waals surface area (Å²) < 4.78 is 36.9. The Hall–Kier alpha value is -3.22. The Bertz CT molecular complexity index is 1040. The number of nitrogens with one attached hydrogen (secondary N) is 1. The molecule has 0 heterocycles. The number of carbonyl (C=O) groups is 1. The van der Waals surface area contributed by atoms with Crippen LogP contribution < -0.4 is 29.7 Å². The average molecular weight is 405 g/mol. The second-order valence-corrected chi connectivity index (χ2v) is 6.63. The number of hydrogen-bond acceptors (Lipinski definition) is 6. The number of benzene rings is 1. The Morgan fingerprint density at radius 1 is 1.10 bits per heavy atom. The van der Waals surface area contributed by atoms with Gasteiger partial charge in [0.1, 0.15) is 0 Å². The Morgan fingerprint density at radius 2 is 1.83 bits per heavy atom. The lowest BCUT2D eigenvalue weighted by molar-refractivity contribution is -0.119. The van der Waals surface area contributed by atoms with Crippen molar-refractivity contribution in [2.45, 2.75) is 25.8 Å². The van der Waals surface area contributed by atoms with E-state index in [0.29, 0.717) is 35.3 Å². The van der Waals surface area contributed by atoms with Crippen LogP contribution in [0, 0.1) is 0 Å². The first-order valence-corrected chi connectivity index (χ1v) is 9.02. The Labute approximate surface area is 172 Å². The molecule has 0 bridgehead atoms. The third-order valence-corrected chi connectivity index (χ3v) is 4.98. The van der Waals surface area contributed by atoms with Crippen molar-refractivity contribution < 1.29 is 26.5 Å². The zero-order valence-corrected chi connectivity index (χ0v) is 16.7. The van der Waals surface area contributed by atoms with Crippen LogP contribution >= 0.6 is 0 Å². The monoisotopic (exact) mass is 405 g/mol. The van der Waals surface area contributed by atoms with Crippen LogP contribution in [0.4, 0.5) is 0 Å². The standard InChI is InChI=1S/C22H25NO6/c1-12(24)23-16-8-6-13-10-19(27-3)21(28-4)22(29-5)20(13)14-7-9-18(26-2)17(25)11-15(14)16/h7,9-11,16H,6,8H2,1-5H3,(H,23,24)/i4T,5T,8+2. The summed E-state index contributed by atoms with van der Waals surface area (Å²) in [6.07, 6.45) is 1.09. The van der Waals surface area contributed by atoms with Crippen molar-refractivity contribution in [1.82, 2.24) is 5.32 Å². The maximum atomic E-state index is 12.7. The molecule has 0 saturated carbocycles. The molecule has 29 heavy (non-hydrogen) atoms. The van der Waals surface area contributed by atoms with E-state index >= 15 is 0 Å². The van der Waals surface area contributed by atoms with E-state index in [1.165, 1.54) is 27.2 Å². The fourth-order valence-corrected chi connectivity index (χ4v) is 3.75. The molecule has 1 aliphatic rings.